The van der Waals surface area contributed by atoms with Crippen LogP contribution in [0.2, 0.25) is 0 Å². The highest BCUT2D eigenvalue weighted by Gasteiger charge is 2.56. The third kappa shape index (κ3) is 3.59. The summed E-state index contributed by atoms with van der Waals surface area (Å²) in [6, 6.07) is 9.19. The fourth-order valence-corrected chi connectivity index (χ4v) is 4.65. The van der Waals surface area contributed by atoms with E-state index in [-0.39, 0.29) is 25.7 Å². The molecule has 1 aromatic carbocycles. The summed E-state index contributed by atoms with van der Waals surface area (Å²) < 4.78 is 19.9. The highest BCUT2D eigenvalue weighted by atomic mass is 16.6. The van der Waals surface area contributed by atoms with Gasteiger partial charge in [0.2, 0.25) is 0 Å². The van der Waals surface area contributed by atoms with Gasteiger partial charge in [-0.3, -0.25) is 19.2 Å². The number of methoxy groups -OCH3 is 4. The number of benzene rings is 1. The Bertz CT molecular complexity index is 970. The van der Waals surface area contributed by atoms with Crippen molar-refractivity contribution in [2.45, 2.75) is 25.7 Å². The molecule has 0 fully saturated rings. The van der Waals surface area contributed by atoms with Crippen LogP contribution in [0.5, 0.6) is 0 Å². The van der Waals surface area contributed by atoms with E-state index in [1.165, 1.54) is 28.4 Å². The zero-order valence-electron chi connectivity index (χ0n) is 18.6. The van der Waals surface area contributed by atoms with Gasteiger partial charge < -0.3 is 18.9 Å². The van der Waals surface area contributed by atoms with Gasteiger partial charge in [-0.15, -0.1) is 0 Å². The van der Waals surface area contributed by atoms with Gasteiger partial charge in [0.25, 0.3) is 0 Å². The van der Waals surface area contributed by atoms with Crippen molar-refractivity contribution in [2.24, 2.45) is 10.8 Å². The monoisotopic (exact) mass is 442 g/mol. The number of fused-ring (bicyclic) bond motifs is 1. The first-order chi connectivity index (χ1) is 15.3. The predicted octanol–water partition coefficient (Wildman–Crippen LogP) is 2.62. The molecular weight excluding hydrogens is 416 g/mol. The van der Waals surface area contributed by atoms with Crippen molar-refractivity contribution in [3.05, 3.63) is 53.1 Å². The number of carbonyl (C=O) groups is 4. The number of rotatable bonds is 5. The molecule has 8 heteroatoms. The maximum atomic E-state index is 12.9. The van der Waals surface area contributed by atoms with E-state index in [0.717, 1.165) is 5.56 Å². The average Bonchev–Trinajstić information content (AvgIpc) is 2.85. The Hall–Kier alpha value is -3.42. The molecule has 0 heterocycles. The first-order valence-electron chi connectivity index (χ1n) is 10.1. The van der Waals surface area contributed by atoms with Crippen LogP contribution in [-0.4, -0.2) is 52.3 Å². The predicted molar refractivity (Wildman–Crippen MR) is 113 cm³/mol. The number of hydrogen-bond donors (Lipinski definition) is 0. The molecule has 32 heavy (non-hydrogen) atoms. The topological polar surface area (TPSA) is 105 Å². The van der Waals surface area contributed by atoms with Crippen LogP contribution in [0.4, 0.5) is 0 Å². The summed E-state index contributed by atoms with van der Waals surface area (Å²) in [5, 5.41) is 0. The molecule has 1 aromatic rings. The van der Waals surface area contributed by atoms with Crippen molar-refractivity contribution < 1.29 is 38.1 Å². The lowest BCUT2D eigenvalue weighted by Gasteiger charge is -2.41. The minimum absolute atomic E-state index is 0.00145. The number of ether oxygens (including phenoxy) is 4. The Labute approximate surface area is 186 Å². The molecule has 8 nitrogen and oxygen atoms in total. The zero-order valence-corrected chi connectivity index (χ0v) is 18.6. The van der Waals surface area contributed by atoms with Crippen LogP contribution in [0.15, 0.2) is 47.6 Å². The van der Waals surface area contributed by atoms with Gasteiger partial charge in [0, 0.05) is 12.8 Å². The molecule has 0 aliphatic heterocycles. The summed E-state index contributed by atoms with van der Waals surface area (Å²) in [7, 11) is 4.89. The van der Waals surface area contributed by atoms with Crippen LogP contribution in [0.3, 0.4) is 0 Å². The van der Waals surface area contributed by atoms with Gasteiger partial charge in [-0.05, 0) is 35.1 Å². The summed E-state index contributed by atoms with van der Waals surface area (Å²) in [4.78, 5) is 51.2. The molecule has 0 aromatic heterocycles. The molecule has 0 N–H and O–H groups in total. The molecular formula is C24H26O8. The number of carbonyl (C=O) groups excluding carboxylic acids is 4. The Morgan fingerprint density at radius 3 is 1.62 bits per heavy atom. The lowest BCUT2D eigenvalue weighted by Crippen LogP contribution is -2.47. The molecule has 3 rings (SSSR count). The van der Waals surface area contributed by atoms with Crippen LogP contribution in [0.1, 0.15) is 31.2 Å². The Morgan fingerprint density at radius 1 is 0.656 bits per heavy atom. The molecule has 0 atom stereocenters. The summed E-state index contributed by atoms with van der Waals surface area (Å²) in [5.41, 5.74) is -0.290. The summed E-state index contributed by atoms with van der Waals surface area (Å²) in [6.07, 6.45) is 1.79. The van der Waals surface area contributed by atoms with Gasteiger partial charge in [0.05, 0.1) is 28.4 Å². The van der Waals surface area contributed by atoms with E-state index in [2.05, 4.69) is 0 Å². The van der Waals surface area contributed by atoms with E-state index in [9.17, 15) is 19.2 Å². The minimum Gasteiger partial charge on any atom is -0.468 e. The largest absolute Gasteiger partial charge is 0.468 e. The number of esters is 4. The van der Waals surface area contributed by atoms with E-state index in [1.54, 1.807) is 6.08 Å². The third-order valence-electron chi connectivity index (χ3n) is 6.32. The highest BCUT2D eigenvalue weighted by molar-refractivity contribution is 6.05. The highest BCUT2D eigenvalue weighted by Crippen LogP contribution is 2.53. The summed E-state index contributed by atoms with van der Waals surface area (Å²) >= 11 is 0. The Kier molecular flexibility index (Phi) is 6.52. The molecule has 0 amide bonds. The molecule has 2 aliphatic rings. The molecule has 0 saturated carbocycles. The van der Waals surface area contributed by atoms with Gasteiger partial charge >= 0.3 is 23.9 Å². The van der Waals surface area contributed by atoms with E-state index in [0.29, 0.717) is 16.7 Å². The molecule has 0 radical (unpaired) electrons. The standard InChI is InChI=1S/C24H26O8/c1-29-19(25)23(20(26)30-2)11-10-16-12-24(21(27)31-3,22(28)32-4)14-17(18(16)13-23)15-8-6-5-7-9-15/h5-10H,11-14H2,1-4H3. The Balaban J connectivity index is 2.25. The normalized spacial score (nSPS) is 18.6. The van der Waals surface area contributed by atoms with Crippen molar-refractivity contribution in [1.82, 2.24) is 0 Å². The molecule has 170 valence electrons. The second-order valence-electron chi connectivity index (χ2n) is 7.92. The van der Waals surface area contributed by atoms with Crippen molar-refractivity contribution in [2.75, 3.05) is 28.4 Å². The van der Waals surface area contributed by atoms with Crippen LogP contribution < -0.4 is 0 Å². The Morgan fingerprint density at radius 2 is 1.12 bits per heavy atom. The second kappa shape index (κ2) is 8.98. The fraction of sp³-hybridized carbons (Fsp3) is 0.417. The third-order valence-corrected chi connectivity index (χ3v) is 6.32. The molecule has 0 spiro atoms. The maximum Gasteiger partial charge on any atom is 0.323 e. The molecule has 0 saturated heterocycles. The average molecular weight is 442 g/mol. The van der Waals surface area contributed by atoms with E-state index in [1.807, 2.05) is 30.3 Å². The van der Waals surface area contributed by atoms with Gasteiger partial charge in [0.15, 0.2) is 10.8 Å². The lowest BCUT2D eigenvalue weighted by molar-refractivity contribution is -0.171. The van der Waals surface area contributed by atoms with Crippen molar-refractivity contribution in [1.29, 1.82) is 0 Å². The summed E-state index contributed by atoms with van der Waals surface area (Å²) in [6.45, 7) is 0. The first kappa shape index (κ1) is 23.2. The minimum atomic E-state index is -1.57. The maximum absolute atomic E-state index is 12.9. The first-order valence-corrected chi connectivity index (χ1v) is 10.1. The van der Waals surface area contributed by atoms with Gasteiger partial charge in [0.1, 0.15) is 0 Å². The van der Waals surface area contributed by atoms with Crippen LogP contribution in [-0.2, 0) is 38.1 Å². The smallest absolute Gasteiger partial charge is 0.323 e. The van der Waals surface area contributed by atoms with E-state index in [4.69, 9.17) is 18.9 Å². The quantitative estimate of drug-likeness (QED) is 0.389. The van der Waals surface area contributed by atoms with E-state index >= 15 is 0 Å². The van der Waals surface area contributed by atoms with Crippen LogP contribution in [0.25, 0.3) is 5.57 Å². The van der Waals surface area contributed by atoms with Crippen LogP contribution in [0, 0.1) is 10.8 Å². The van der Waals surface area contributed by atoms with E-state index < -0.39 is 34.7 Å². The van der Waals surface area contributed by atoms with Crippen molar-refractivity contribution >= 4 is 29.5 Å². The van der Waals surface area contributed by atoms with Gasteiger partial charge in [-0.1, -0.05) is 36.4 Å². The lowest BCUT2D eigenvalue weighted by atomic mass is 9.61. The molecule has 0 bridgehead atoms. The summed E-state index contributed by atoms with van der Waals surface area (Å²) in [5.74, 6) is -2.79. The number of allylic oxidation sites excluding steroid dienone is 4. The van der Waals surface area contributed by atoms with Crippen LogP contribution >= 0.6 is 0 Å². The SMILES string of the molecule is COC(=O)C1(C(=O)OC)CC=C2CC(C(=O)OC)(C(=O)OC)CC(c3ccccc3)=C2C1. The molecule has 2 aliphatic carbocycles. The van der Waals surface area contributed by atoms with Gasteiger partial charge in [-0.2, -0.15) is 0 Å². The fourth-order valence-electron chi connectivity index (χ4n) is 4.65. The van der Waals surface area contributed by atoms with Crippen molar-refractivity contribution in [3.63, 3.8) is 0 Å². The van der Waals surface area contributed by atoms with Gasteiger partial charge in [-0.25, -0.2) is 0 Å². The molecule has 0 unspecified atom stereocenters. The zero-order chi connectivity index (χ0) is 23.5. The number of hydrogen-bond acceptors (Lipinski definition) is 8. The van der Waals surface area contributed by atoms with Crippen molar-refractivity contribution in [3.8, 4) is 0 Å². The second-order valence-corrected chi connectivity index (χ2v) is 7.92.